The summed E-state index contributed by atoms with van der Waals surface area (Å²) in [6.45, 7) is 5.47. The zero-order valence-corrected chi connectivity index (χ0v) is 9.27. The minimum atomic E-state index is -0.0261. The number of aromatic nitrogens is 1. The van der Waals surface area contributed by atoms with E-state index in [0.29, 0.717) is 6.54 Å². The first-order valence-electron chi connectivity index (χ1n) is 5.09. The molecule has 0 unspecified atom stereocenters. The van der Waals surface area contributed by atoms with Crippen molar-refractivity contribution >= 4 is 5.69 Å². The Kier molecular flexibility index (Phi) is 4.14. The molecule has 3 nitrogen and oxygen atoms in total. The second-order valence-electron chi connectivity index (χ2n) is 3.45. The van der Waals surface area contributed by atoms with Gasteiger partial charge in [0.1, 0.15) is 0 Å². The normalized spacial score (nSPS) is 11.9. The van der Waals surface area contributed by atoms with E-state index in [-0.39, 0.29) is 6.04 Å². The molecule has 0 aliphatic rings. The molecule has 0 radical (unpaired) electrons. The summed E-state index contributed by atoms with van der Waals surface area (Å²) in [6.07, 6.45) is 7.11. The van der Waals surface area contributed by atoms with Gasteiger partial charge in [-0.05, 0) is 26.0 Å². The first-order chi connectivity index (χ1) is 7.19. The van der Waals surface area contributed by atoms with Crippen LogP contribution < -0.4 is 10.6 Å². The van der Waals surface area contributed by atoms with Crippen molar-refractivity contribution in [2.24, 2.45) is 5.73 Å². The van der Waals surface area contributed by atoms with Crippen molar-refractivity contribution < 1.29 is 0 Å². The van der Waals surface area contributed by atoms with E-state index in [1.54, 1.807) is 0 Å². The second-order valence-corrected chi connectivity index (χ2v) is 3.45. The van der Waals surface area contributed by atoms with Gasteiger partial charge in [-0.2, -0.15) is 0 Å². The predicted molar refractivity (Wildman–Crippen MR) is 63.6 cm³/mol. The molecule has 1 heterocycles. The number of pyridine rings is 1. The fourth-order valence-electron chi connectivity index (χ4n) is 1.35. The van der Waals surface area contributed by atoms with E-state index in [2.05, 4.69) is 22.7 Å². The minimum absolute atomic E-state index is 0.0261. The van der Waals surface area contributed by atoms with Gasteiger partial charge in [0.2, 0.25) is 0 Å². The molecule has 1 rings (SSSR count). The highest BCUT2D eigenvalue weighted by atomic mass is 15.1. The number of terminal acetylenes is 1. The lowest BCUT2D eigenvalue weighted by Crippen LogP contribution is -2.23. The van der Waals surface area contributed by atoms with Gasteiger partial charge in [-0.25, -0.2) is 0 Å². The molecule has 1 aromatic rings. The molecule has 0 aliphatic carbocycles. The van der Waals surface area contributed by atoms with Crippen molar-refractivity contribution in [3.05, 3.63) is 24.0 Å². The van der Waals surface area contributed by atoms with E-state index < -0.39 is 0 Å². The molecule has 1 aromatic heterocycles. The van der Waals surface area contributed by atoms with Crippen LogP contribution in [0.2, 0.25) is 0 Å². The Bertz CT molecular complexity index is 335. The highest BCUT2D eigenvalue weighted by molar-refractivity contribution is 5.45. The van der Waals surface area contributed by atoms with Crippen molar-refractivity contribution in [3.8, 4) is 12.3 Å². The SMILES string of the molecule is C#CCN(CC)c1ccc([C@H](C)N)nc1. The maximum atomic E-state index is 5.72. The smallest absolute Gasteiger partial charge is 0.0792 e. The molecule has 0 aromatic carbocycles. The average Bonchev–Trinajstić information content (AvgIpc) is 2.26. The van der Waals surface area contributed by atoms with Crippen LogP contribution in [0.25, 0.3) is 0 Å². The Morgan fingerprint density at radius 3 is 2.73 bits per heavy atom. The van der Waals surface area contributed by atoms with Crippen LogP contribution in [0.4, 0.5) is 5.69 Å². The Hall–Kier alpha value is -1.53. The van der Waals surface area contributed by atoms with E-state index in [0.717, 1.165) is 17.9 Å². The fraction of sp³-hybridized carbons (Fsp3) is 0.417. The largest absolute Gasteiger partial charge is 0.359 e. The van der Waals surface area contributed by atoms with Crippen molar-refractivity contribution in [2.45, 2.75) is 19.9 Å². The molecular formula is C12H17N3. The van der Waals surface area contributed by atoms with Gasteiger partial charge >= 0.3 is 0 Å². The van der Waals surface area contributed by atoms with Gasteiger partial charge in [-0.1, -0.05) is 5.92 Å². The number of hydrogen-bond donors (Lipinski definition) is 1. The highest BCUT2D eigenvalue weighted by Gasteiger charge is 2.04. The molecule has 0 saturated carbocycles. The van der Waals surface area contributed by atoms with Gasteiger partial charge in [0, 0.05) is 12.6 Å². The van der Waals surface area contributed by atoms with Gasteiger partial charge in [-0.15, -0.1) is 6.42 Å². The lowest BCUT2D eigenvalue weighted by molar-refractivity contribution is 0.778. The summed E-state index contributed by atoms with van der Waals surface area (Å²) in [6, 6.07) is 3.92. The van der Waals surface area contributed by atoms with Crippen molar-refractivity contribution in [2.75, 3.05) is 18.0 Å². The predicted octanol–water partition coefficient (Wildman–Crippen LogP) is 1.56. The molecule has 0 aliphatic heterocycles. The molecule has 15 heavy (non-hydrogen) atoms. The highest BCUT2D eigenvalue weighted by Crippen LogP contribution is 2.14. The number of hydrogen-bond acceptors (Lipinski definition) is 3. The lowest BCUT2D eigenvalue weighted by atomic mass is 10.2. The summed E-state index contributed by atoms with van der Waals surface area (Å²) in [7, 11) is 0. The summed E-state index contributed by atoms with van der Waals surface area (Å²) in [5, 5.41) is 0. The van der Waals surface area contributed by atoms with Crippen molar-refractivity contribution in [1.82, 2.24) is 4.98 Å². The summed E-state index contributed by atoms with van der Waals surface area (Å²) < 4.78 is 0. The number of anilines is 1. The number of rotatable bonds is 4. The topological polar surface area (TPSA) is 42.1 Å². The standard InChI is InChI=1S/C12H17N3/c1-4-8-15(5-2)11-6-7-12(10(3)13)14-9-11/h1,6-7,9-10H,5,8,13H2,2-3H3/t10-/m0/s1. The van der Waals surface area contributed by atoms with Gasteiger partial charge in [0.05, 0.1) is 24.1 Å². The third-order valence-corrected chi connectivity index (χ3v) is 2.27. The van der Waals surface area contributed by atoms with Crippen LogP contribution in [-0.4, -0.2) is 18.1 Å². The second kappa shape index (κ2) is 5.38. The number of nitrogens with two attached hydrogens (primary N) is 1. The van der Waals surface area contributed by atoms with Crippen LogP contribution in [-0.2, 0) is 0 Å². The maximum Gasteiger partial charge on any atom is 0.0792 e. The lowest BCUT2D eigenvalue weighted by Gasteiger charge is -2.20. The molecule has 0 bridgehead atoms. The van der Waals surface area contributed by atoms with Crippen molar-refractivity contribution in [3.63, 3.8) is 0 Å². The zero-order valence-electron chi connectivity index (χ0n) is 9.27. The first-order valence-corrected chi connectivity index (χ1v) is 5.09. The summed E-state index contributed by atoms with van der Waals surface area (Å²) in [4.78, 5) is 6.38. The van der Waals surface area contributed by atoms with E-state index in [4.69, 9.17) is 12.2 Å². The summed E-state index contributed by atoms with van der Waals surface area (Å²) in [5.41, 5.74) is 7.66. The van der Waals surface area contributed by atoms with Crippen LogP contribution in [0.15, 0.2) is 18.3 Å². The van der Waals surface area contributed by atoms with Gasteiger partial charge in [0.15, 0.2) is 0 Å². The summed E-state index contributed by atoms with van der Waals surface area (Å²) >= 11 is 0. The van der Waals surface area contributed by atoms with Crippen LogP contribution in [0, 0.1) is 12.3 Å². The molecule has 3 heteroatoms. The summed E-state index contributed by atoms with van der Waals surface area (Å²) in [5.74, 6) is 2.63. The Morgan fingerprint density at radius 2 is 2.33 bits per heavy atom. The molecule has 2 N–H and O–H groups in total. The molecule has 80 valence electrons. The molecule has 1 atom stereocenters. The average molecular weight is 203 g/mol. The van der Waals surface area contributed by atoms with E-state index in [1.807, 2.05) is 25.3 Å². The van der Waals surface area contributed by atoms with E-state index in [9.17, 15) is 0 Å². The van der Waals surface area contributed by atoms with Gasteiger partial charge < -0.3 is 10.6 Å². The Labute approximate surface area is 91.3 Å². The minimum Gasteiger partial charge on any atom is -0.359 e. The quantitative estimate of drug-likeness (QED) is 0.755. The van der Waals surface area contributed by atoms with E-state index >= 15 is 0 Å². The third kappa shape index (κ3) is 2.97. The van der Waals surface area contributed by atoms with Gasteiger partial charge in [-0.3, -0.25) is 4.98 Å². The molecule has 0 saturated heterocycles. The zero-order chi connectivity index (χ0) is 11.3. The molecular weight excluding hydrogens is 186 g/mol. The van der Waals surface area contributed by atoms with Gasteiger partial charge in [0.25, 0.3) is 0 Å². The molecule has 0 amide bonds. The first kappa shape index (κ1) is 11.5. The van der Waals surface area contributed by atoms with Crippen LogP contribution in [0.1, 0.15) is 25.6 Å². The van der Waals surface area contributed by atoms with Crippen LogP contribution >= 0.6 is 0 Å². The monoisotopic (exact) mass is 203 g/mol. The van der Waals surface area contributed by atoms with E-state index in [1.165, 1.54) is 0 Å². The number of nitrogens with zero attached hydrogens (tertiary/aromatic N) is 2. The maximum absolute atomic E-state index is 5.72. The third-order valence-electron chi connectivity index (χ3n) is 2.27. The molecule has 0 spiro atoms. The van der Waals surface area contributed by atoms with Crippen LogP contribution in [0.3, 0.4) is 0 Å². The van der Waals surface area contributed by atoms with Crippen LogP contribution in [0.5, 0.6) is 0 Å². The molecule has 0 fully saturated rings. The fourth-order valence-corrected chi connectivity index (χ4v) is 1.35. The van der Waals surface area contributed by atoms with Crippen molar-refractivity contribution in [1.29, 1.82) is 0 Å². The Balaban J connectivity index is 2.83. The Morgan fingerprint density at radius 1 is 1.60 bits per heavy atom.